The predicted molar refractivity (Wildman–Crippen MR) is 100.0 cm³/mol. The second-order valence-electron chi connectivity index (χ2n) is 8.76. The lowest BCUT2D eigenvalue weighted by molar-refractivity contribution is -0.275. The highest BCUT2D eigenvalue weighted by molar-refractivity contribution is 5.43. The van der Waals surface area contributed by atoms with Crippen LogP contribution in [0.15, 0.2) is 42.5 Å². The van der Waals surface area contributed by atoms with Crippen molar-refractivity contribution in [2.24, 2.45) is 0 Å². The smallest absolute Gasteiger partial charge is 0.405 e. The summed E-state index contributed by atoms with van der Waals surface area (Å²) in [6.07, 6.45) is -9.29. The average Bonchev–Trinajstić information content (AvgIpc) is 2.53. The lowest BCUT2D eigenvalue weighted by Crippen LogP contribution is -2.24. The van der Waals surface area contributed by atoms with E-state index in [4.69, 9.17) is 0 Å². The third-order valence-corrected chi connectivity index (χ3v) is 4.76. The molecule has 0 atom stereocenters. The molecule has 0 unspecified atom stereocenters. The normalized spacial score (nSPS) is 13.5. The van der Waals surface area contributed by atoms with Gasteiger partial charge in [0.1, 0.15) is 5.75 Å². The van der Waals surface area contributed by atoms with E-state index in [-0.39, 0.29) is 17.7 Å². The Morgan fingerprint density at radius 3 is 1.83 bits per heavy atom. The van der Waals surface area contributed by atoms with E-state index in [0.717, 1.165) is 12.1 Å². The molecule has 2 rings (SSSR count). The van der Waals surface area contributed by atoms with Gasteiger partial charge in [0, 0.05) is 0 Å². The Balaban J connectivity index is 2.46. The van der Waals surface area contributed by atoms with Crippen LogP contribution in [0.1, 0.15) is 56.9 Å². The Hall–Kier alpha value is -2.18. The van der Waals surface area contributed by atoms with Crippen molar-refractivity contribution in [1.82, 2.24) is 0 Å². The number of rotatable bonds is 4. The highest BCUT2D eigenvalue weighted by Gasteiger charge is 2.35. The maximum absolute atomic E-state index is 13.0. The molecule has 0 bridgehead atoms. The standard InChI is InChI=1S/C22H24F6O/c1-19(2,3)15-10-9-14(18(12-15)29-22(26,27)28)13-20(4,5)16-7-6-8-17(11-16)21(23,24)25/h6-12H,13H2,1-5H3. The molecule has 0 heterocycles. The Labute approximate surface area is 166 Å². The third kappa shape index (κ3) is 6.15. The summed E-state index contributed by atoms with van der Waals surface area (Å²) in [7, 11) is 0. The molecule has 0 saturated heterocycles. The van der Waals surface area contributed by atoms with Gasteiger partial charge in [0.2, 0.25) is 0 Å². The molecule has 0 spiro atoms. The molecule has 0 fully saturated rings. The maximum Gasteiger partial charge on any atom is 0.573 e. The van der Waals surface area contributed by atoms with E-state index >= 15 is 0 Å². The topological polar surface area (TPSA) is 9.23 Å². The van der Waals surface area contributed by atoms with Crippen molar-refractivity contribution in [2.45, 2.75) is 64.4 Å². The Morgan fingerprint density at radius 2 is 1.31 bits per heavy atom. The van der Waals surface area contributed by atoms with Gasteiger partial charge in [0.25, 0.3) is 0 Å². The minimum atomic E-state index is -4.87. The van der Waals surface area contributed by atoms with E-state index < -0.39 is 28.9 Å². The summed E-state index contributed by atoms with van der Waals surface area (Å²) in [6.45, 7) is 8.99. The van der Waals surface area contributed by atoms with Crippen molar-refractivity contribution >= 4 is 0 Å². The van der Waals surface area contributed by atoms with Gasteiger partial charge in [-0.05, 0) is 46.1 Å². The summed E-state index contributed by atoms with van der Waals surface area (Å²) < 4.78 is 82.2. The quantitative estimate of drug-likeness (QED) is 0.470. The van der Waals surface area contributed by atoms with E-state index in [1.165, 1.54) is 12.1 Å². The minimum Gasteiger partial charge on any atom is -0.405 e. The Bertz CT molecular complexity index is 857. The van der Waals surface area contributed by atoms with Crippen LogP contribution in [0.2, 0.25) is 0 Å². The maximum atomic E-state index is 13.0. The summed E-state index contributed by atoms with van der Waals surface area (Å²) in [5.41, 5.74) is -0.717. The first kappa shape index (κ1) is 23.1. The largest absolute Gasteiger partial charge is 0.573 e. The fraction of sp³-hybridized carbons (Fsp3) is 0.455. The highest BCUT2D eigenvalue weighted by atomic mass is 19.4. The molecule has 2 aromatic rings. The number of ether oxygens (including phenoxy) is 1. The zero-order valence-corrected chi connectivity index (χ0v) is 16.9. The second-order valence-corrected chi connectivity index (χ2v) is 8.76. The van der Waals surface area contributed by atoms with Gasteiger partial charge < -0.3 is 4.74 Å². The number of hydrogen-bond acceptors (Lipinski definition) is 1. The number of halogens is 6. The third-order valence-electron chi connectivity index (χ3n) is 4.76. The SMILES string of the molecule is CC(C)(C)c1ccc(CC(C)(C)c2cccc(C(F)(F)F)c2)c(OC(F)(F)F)c1. The van der Waals surface area contributed by atoms with E-state index in [1.807, 2.05) is 20.8 Å². The molecule has 2 aromatic carbocycles. The Kier molecular flexibility index (Phi) is 6.04. The summed E-state index contributed by atoms with van der Waals surface area (Å²) in [5, 5.41) is 0. The number of alkyl halides is 6. The monoisotopic (exact) mass is 418 g/mol. The van der Waals surface area contributed by atoms with Crippen LogP contribution in [-0.4, -0.2) is 6.36 Å². The summed E-state index contributed by atoms with van der Waals surface area (Å²) in [4.78, 5) is 0. The second kappa shape index (κ2) is 7.58. The molecule has 160 valence electrons. The highest BCUT2D eigenvalue weighted by Crippen LogP contribution is 2.38. The molecule has 0 saturated carbocycles. The van der Waals surface area contributed by atoms with Crippen molar-refractivity contribution in [2.75, 3.05) is 0 Å². The predicted octanol–water partition coefficient (Wildman–Crippen LogP) is 7.42. The van der Waals surface area contributed by atoms with Gasteiger partial charge in [0.05, 0.1) is 5.56 Å². The molecule has 0 N–H and O–H groups in total. The van der Waals surface area contributed by atoms with Crippen LogP contribution >= 0.6 is 0 Å². The first-order valence-corrected chi connectivity index (χ1v) is 9.06. The molecule has 7 heteroatoms. The minimum absolute atomic E-state index is 0.0736. The molecule has 29 heavy (non-hydrogen) atoms. The van der Waals surface area contributed by atoms with Crippen LogP contribution in [0.3, 0.4) is 0 Å². The van der Waals surface area contributed by atoms with Crippen molar-refractivity contribution in [3.63, 3.8) is 0 Å². The van der Waals surface area contributed by atoms with Crippen LogP contribution in [0, 0.1) is 0 Å². The van der Waals surface area contributed by atoms with E-state index in [2.05, 4.69) is 4.74 Å². The fourth-order valence-electron chi connectivity index (χ4n) is 3.08. The molecule has 1 nitrogen and oxygen atoms in total. The first-order chi connectivity index (χ1) is 13.0. The average molecular weight is 418 g/mol. The Morgan fingerprint density at radius 1 is 0.724 bits per heavy atom. The van der Waals surface area contributed by atoms with Crippen LogP contribution < -0.4 is 4.74 Å². The molecule has 0 aliphatic carbocycles. The summed E-state index contributed by atoms with van der Waals surface area (Å²) in [6, 6.07) is 9.48. The van der Waals surface area contributed by atoms with Gasteiger partial charge in [-0.15, -0.1) is 13.2 Å². The zero-order chi connectivity index (χ0) is 22.3. The lowest BCUT2D eigenvalue weighted by Gasteiger charge is -2.28. The lowest BCUT2D eigenvalue weighted by atomic mass is 9.77. The van der Waals surface area contributed by atoms with E-state index in [9.17, 15) is 26.3 Å². The fourth-order valence-corrected chi connectivity index (χ4v) is 3.08. The summed E-state index contributed by atoms with van der Waals surface area (Å²) >= 11 is 0. The number of hydrogen-bond donors (Lipinski definition) is 0. The van der Waals surface area contributed by atoms with Gasteiger partial charge in [-0.25, -0.2) is 0 Å². The van der Waals surface area contributed by atoms with E-state index in [0.29, 0.717) is 11.1 Å². The van der Waals surface area contributed by atoms with Crippen molar-refractivity contribution in [1.29, 1.82) is 0 Å². The number of benzene rings is 2. The molecular formula is C22H24F6O. The van der Waals surface area contributed by atoms with Crippen LogP contribution in [0.5, 0.6) is 5.75 Å². The van der Waals surface area contributed by atoms with Crippen LogP contribution in [-0.2, 0) is 23.4 Å². The van der Waals surface area contributed by atoms with Gasteiger partial charge in [-0.1, -0.05) is 65.0 Å². The van der Waals surface area contributed by atoms with Gasteiger partial charge >= 0.3 is 12.5 Å². The molecule has 0 aliphatic rings. The first-order valence-electron chi connectivity index (χ1n) is 9.06. The van der Waals surface area contributed by atoms with Crippen LogP contribution in [0.25, 0.3) is 0 Å². The van der Waals surface area contributed by atoms with Gasteiger partial charge in [-0.3, -0.25) is 0 Å². The van der Waals surface area contributed by atoms with Gasteiger partial charge in [-0.2, -0.15) is 13.2 Å². The van der Waals surface area contributed by atoms with Crippen molar-refractivity contribution < 1.29 is 31.1 Å². The van der Waals surface area contributed by atoms with E-state index in [1.54, 1.807) is 32.0 Å². The van der Waals surface area contributed by atoms with Crippen LogP contribution in [0.4, 0.5) is 26.3 Å². The summed E-state index contributed by atoms with van der Waals surface area (Å²) in [5.74, 6) is -0.329. The molecule has 0 amide bonds. The van der Waals surface area contributed by atoms with Gasteiger partial charge in [0.15, 0.2) is 0 Å². The molecule has 0 aliphatic heterocycles. The van der Waals surface area contributed by atoms with Crippen molar-refractivity contribution in [3.05, 3.63) is 64.7 Å². The van der Waals surface area contributed by atoms with Crippen molar-refractivity contribution in [3.8, 4) is 5.75 Å². The molecule has 0 radical (unpaired) electrons. The molecular weight excluding hydrogens is 394 g/mol. The molecule has 0 aromatic heterocycles. The zero-order valence-electron chi connectivity index (χ0n) is 16.9.